The van der Waals surface area contributed by atoms with Gasteiger partial charge in [-0.3, -0.25) is 4.90 Å². The summed E-state index contributed by atoms with van der Waals surface area (Å²) in [5.41, 5.74) is 2.97. The molecule has 3 rings (SSSR count). The zero-order valence-corrected chi connectivity index (χ0v) is 12.3. The molecule has 104 valence electrons. The molecule has 1 aliphatic heterocycles. The van der Waals surface area contributed by atoms with E-state index in [4.69, 9.17) is 4.74 Å². The maximum Gasteiger partial charge on any atom is 0.122 e. The molecule has 3 heteroatoms. The van der Waals surface area contributed by atoms with E-state index in [9.17, 15) is 0 Å². The first-order valence-corrected chi connectivity index (χ1v) is 6.86. The van der Waals surface area contributed by atoms with Crippen molar-refractivity contribution in [2.75, 3.05) is 20.2 Å². The third-order valence-electron chi connectivity index (χ3n) is 4.50. The molecule has 1 aromatic rings. The van der Waals surface area contributed by atoms with Crippen molar-refractivity contribution in [3.8, 4) is 5.75 Å². The van der Waals surface area contributed by atoms with Crippen molar-refractivity contribution >= 4 is 12.4 Å². The first kappa shape index (κ1) is 14.4. The van der Waals surface area contributed by atoms with E-state index in [0.717, 1.165) is 18.7 Å². The van der Waals surface area contributed by atoms with Crippen LogP contribution in [0.2, 0.25) is 0 Å². The van der Waals surface area contributed by atoms with Gasteiger partial charge >= 0.3 is 0 Å². The molecule has 19 heavy (non-hydrogen) atoms. The predicted molar refractivity (Wildman–Crippen MR) is 81.5 cm³/mol. The maximum atomic E-state index is 5.51. The summed E-state index contributed by atoms with van der Waals surface area (Å²) in [5.74, 6) is 1.77. The van der Waals surface area contributed by atoms with Crippen LogP contribution in [-0.4, -0.2) is 31.1 Å². The average molecular weight is 280 g/mol. The molecule has 0 spiro atoms. The van der Waals surface area contributed by atoms with Crippen LogP contribution in [0.1, 0.15) is 29.9 Å². The minimum absolute atomic E-state index is 0. The molecule has 0 saturated carbocycles. The molecule has 0 aromatic heterocycles. The van der Waals surface area contributed by atoms with E-state index in [2.05, 4.69) is 29.7 Å². The highest BCUT2D eigenvalue weighted by Crippen LogP contribution is 2.43. The number of halogens is 1. The SMILES string of the molecule is C=CCN1CC[C@@H]2c3cccc(OC)c3CC[C@@H]21.Cl. The highest BCUT2D eigenvalue weighted by atomic mass is 35.5. The maximum absolute atomic E-state index is 5.51. The number of methoxy groups -OCH3 is 1. The van der Waals surface area contributed by atoms with Gasteiger partial charge in [0.1, 0.15) is 5.75 Å². The summed E-state index contributed by atoms with van der Waals surface area (Å²) in [6, 6.07) is 7.24. The van der Waals surface area contributed by atoms with Crippen LogP contribution in [-0.2, 0) is 6.42 Å². The van der Waals surface area contributed by atoms with E-state index in [0.29, 0.717) is 12.0 Å². The number of likely N-dealkylation sites (tertiary alicyclic amines) is 1. The fourth-order valence-electron chi connectivity index (χ4n) is 3.74. The molecule has 0 N–H and O–H groups in total. The summed E-state index contributed by atoms with van der Waals surface area (Å²) in [7, 11) is 1.78. The van der Waals surface area contributed by atoms with Gasteiger partial charge < -0.3 is 4.74 Å². The topological polar surface area (TPSA) is 12.5 Å². The second-order valence-corrected chi connectivity index (χ2v) is 5.31. The molecule has 0 bridgehead atoms. The molecule has 1 aromatic carbocycles. The molecule has 0 amide bonds. The number of rotatable bonds is 3. The number of benzene rings is 1. The van der Waals surface area contributed by atoms with Crippen LogP contribution in [0.3, 0.4) is 0 Å². The van der Waals surface area contributed by atoms with Crippen LogP contribution >= 0.6 is 12.4 Å². The Hall–Kier alpha value is -0.990. The summed E-state index contributed by atoms with van der Waals surface area (Å²) in [6.07, 6.45) is 5.71. The van der Waals surface area contributed by atoms with Crippen molar-refractivity contribution in [2.24, 2.45) is 0 Å². The Morgan fingerprint density at radius 3 is 3.00 bits per heavy atom. The lowest BCUT2D eigenvalue weighted by molar-refractivity contribution is 0.248. The van der Waals surface area contributed by atoms with E-state index >= 15 is 0 Å². The summed E-state index contributed by atoms with van der Waals surface area (Å²) in [6.45, 7) is 6.11. The van der Waals surface area contributed by atoms with Crippen LogP contribution < -0.4 is 4.74 Å². The normalized spacial score (nSPS) is 25.1. The molecule has 2 aliphatic rings. The minimum atomic E-state index is 0. The summed E-state index contributed by atoms with van der Waals surface area (Å²) in [5, 5.41) is 0. The van der Waals surface area contributed by atoms with E-state index < -0.39 is 0 Å². The predicted octanol–water partition coefficient (Wildman–Crippen LogP) is 3.41. The van der Waals surface area contributed by atoms with Crippen LogP contribution in [0, 0.1) is 0 Å². The van der Waals surface area contributed by atoms with E-state index in [1.807, 2.05) is 6.08 Å². The molecule has 2 nitrogen and oxygen atoms in total. The zero-order chi connectivity index (χ0) is 12.5. The standard InChI is InChI=1S/C16H21NO.ClH/c1-3-10-17-11-9-13-12-5-4-6-16(18-2)14(12)7-8-15(13)17;/h3-6,13,15H,1,7-11H2,2H3;1H/t13-,15+;/m1./s1. The Bertz CT molecular complexity index is 460. The van der Waals surface area contributed by atoms with Crippen LogP contribution in [0.25, 0.3) is 0 Å². The van der Waals surface area contributed by atoms with Crippen LogP contribution in [0.5, 0.6) is 5.75 Å². The first-order valence-electron chi connectivity index (χ1n) is 6.86. The van der Waals surface area contributed by atoms with Gasteiger partial charge in [-0.2, -0.15) is 0 Å². The van der Waals surface area contributed by atoms with Gasteiger partial charge in [0.05, 0.1) is 7.11 Å². The number of nitrogens with zero attached hydrogens (tertiary/aromatic N) is 1. The Balaban J connectivity index is 0.00000133. The van der Waals surface area contributed by atoms with Crippen molar-refractivity contribution in [3.63, 3.8) is 0 Å². The Kier molecular flexibility index (Phi) is 4.54. The second kappa shape index (κ2) is 5.98. The van der Waals surface area contributed by atoms with Gasteiger partial charge in [-0.15, -0.1) is 19.0 Å². The van der Waals surface area contributed by atoms with E-state index in [-0.39, 0.29) is 12.4 Å². The first-order chi connectivity index (χ1) is 8.85. The summed E-state index contributed by atoms with van der Waals surface area (Å²) >= 11 is 0. The van der Waals surface area contributed by atoms with Gasteiger partial charge in [-0.05, 0) is 43.0 Å². The van der Waals surface area contributed by atoms with Gasteiger partial charge in [0.2, 0.25) is 0 Å². The van der Waals surface area contributed by atoms with Crippen molar-refractivity contribution in [1.29, 1.82) is 0 Å². The minimum Gasteiger partial charge on any atom is -0.496 e. The fraction of sp³-hybridized carbons (Fsp3) is 0.500. The zero-order valence-electron chi connectivity index (χ0n) is 11.5. The quantitative estimate of drug-likeness (QED) is 0.786. The molecule has 0 radical (unpaired) electrons. The highest BCUT2D eigenvalue weighted by Gasteiger charge is 2.38. The largest absolute Gasteiger partial charge is 0.496 e. The van der Waals surface area contributed by atoms with Crippen molar-refractivity contribution in [3.05, 3.63) is 42.0 Å². The molecule has 2 atom stereocenters. The number of ether oxygens (including phenoxy) is 1. The Morgan fingerprint density at radius 2 is 2.26 bits per heavy atom. The van der Waals surface area contributed by atoms with Gasteiger partial charge in [0, 0.05) is 18.5 Å². The number of hydrogen-bond acceptors (Lipinski definition) is 2. The lowest BCUT2D eigenvalue weighted by atomic mass is 9.79. The monoisotopic (exact) mass is 279 g/mol. The molecule has 1 aliphatic carbocycles. The molecular weight excluding hydrogens is 258 g/mol. The molecular formula is C16H22ClNO. The van der Waals surface area contributed by atoms with E-state index in [1.165, 1.54) is 30.5 Å². The van der Waals surface area contributed by atoms with E-state index in [1.54, 1.807) is 7.11 Å². The second-order valence-electron chi connectivity index (χ2n) is 5.31. The van der Waals surface area contributed by atoms with Crippen LogP contribution in [0.4, 0.5) is 0 Å². The molecule has 0 unspecified atom stereocenters. The third kappa shape index (κ3) is 2.39. The third-order valence-corrected chi connectivity index (χ3v) is 4.50. The number of hydrogen-bond donors (Lipinski definition) is 0. The fourth-order valence-corrected chi connectivity index (χ4v) is 3.74. The van der Waals surface area contributed by atoms with Crippen LogP contribution in [0.15, 0.2) is 30.9 Å². The number of fused-ring (bicyclic) bond motifs is 3. The Morgan fingerprint density at radius 1 is 1.42 bits per heavy atom. The molecule has 1 saturated heterocycles. The lowest BCUT2D eigenvalue weighted by Gasteiger charge is -2.33. The molecule has 1 fully saturated rings. The average Bonchev–Trinajstić information content (AvgIpc) is 2.82. The summed E-state index contributed by atoms with van der Waals surface area (Å²) < 4.78 is 5.51. The van der Waals surface area contributed by atoms with Crippen molar-refractivity contribution in [2.45, 2.75) is 31.2 Å². The highest BCUT2D eigenvalue weighted by molar-refractivity contribution is 5.85. The Labute approximate surface area is 121 Å². The molecule has 1 heterocycles. The lowest BCUT2D eigenvalue weighted by Crippen LogP contribution is -2.35. The van der Waals surface area contributed by atoms with Crippen molar-refractivity contribution < 1.29 is 4.74 Å². The van der Waals surface area contributed by atoms with Gasteiger partial charge in [-0.25, -0.2) is 0 Å². The smallest absolute Gasteiger partial charge is 0.122 e. The van der Waals surface area contributed by atoms with Gasteiger partial charge in [0.25, 0.3) is 0 Å². The van der Waals surface area contributed by atoms with Gasteiger partial charge in [0.15, 0.2) is 0 Å². The van der Waals surface area contributed by atoms with Crippen molar-refractivity contribution in [1.82, 2.24) is 4.90 Å². The summed E-state index contributed by atoms with van der Waals surface area (Å²) in [4.78, 5) is 2.58. The van der Waals surface area contributed by atoms with Gasteiger partial charge in [-0.1, -0.05) is 18.2 Å².